The zero-order chi connectivity index (χ0) is 21.1. The number of ether oxygens (including phenoxy) is 2. The van der Waals surface area contributed by atoms with Crippen molar-refractivity contribution in [3.05, 3.63) is 34.3 Å². The Labute approximate surface area is 179 Å². The Bertz CT molecular complexity index is 941. The van der Waals surface area contributed by atoms with Crippen LogP contribution in [0.2, 0.25) is 0 Å². The van der Waals surface area contributed by atoms with Gasteiger partial charge in [0, 0.05) is 30.3 Å². The van der Waals surface area contributed by atoms with Crippen molar-refractivity contribution in [3.63, 3.8) is 0 Å². The molecule has 30 heavy (non-hydrogen) atoms. The largest absolute Gasteiger partial charge is 0.493 e. The number of nitrogens with zero attached hydrogens (tertiary/aromatic N) is 2. The van der Waals surface area contributed by atoms with Crippen LogP contribution in [0.3, 0.4) is 0 Å². The van der Waals surface area contributed by atoms with Crippen LogP contribution in [-0.2, 0) is 24.3 Å². The number of benzene rings is 1. The van der Waals surface area contributed by atoms with Crippen molar-refractivity contribution in [2.24, 2.45) is 5.92 Å². The number of thiazole rings is 1. The number of hydrogen-bond acceptors (Lipinski definition) is 6. The number of carbonyl (C=O) groups excluding carboxylic acids is 2. The lowest BCUT2D eigenvalue weighted by Crippen LogP contribution is -2.42. The number of fused-ring (bicyclic) bond motifs is 1. The minimum atomic E-state index is -0.121. The summed E-state index contributed by atoms with van der Waals surface area (Å²) < 4.78 is 10.6. The van der Waals surface area contributed by atoms with Crippen molar-refractivity contribution in [2.75, 3.05) is 26.1 Å². The molecule has 0 saturated heterocycles. The summed E-state index contributed by atoms with van der Waals surface area (Å²) in [5.74, 6) is 1.48. The second kappa shape index (κ2) is 8.91. The number of urea groups is 1. The van der Waals surface area contributed by atoms with Crippen LogP contribution >= 0.6 is 11.3 Å². The maximum Gasteiger partial charge on any atom is 0.318 e. The minimum absolute atomic E-state index is 0.0665. The zero-order valence-electron chi connectivity index (χ0n) is 17.2. The van der Waals surface area contributed by atoms with Crippen LogP contribution in [0.4, 0.5) is 9.93 Å². The summed E-state index contributed by atoms with van der Waals surface area (Å²) in [5.41, 5.74) is 1.91. The van der Waals surface area contributed by atoms with E-state index < -0.39 is 0 Å². The molecule has 2 aliphatic rings. The lowest BCUT2D eigenvalue weighted by molar-refractivity contribution is -0.122. The van der Waals surface area contributed by atoms with E-state index in [1.54, 1.807) is 19.1 Å². The van der Waals surface area contributed by atoms with Crippen molar-refractivity contribution >= 4 is 28.4 Å². The highest BCUT2D eigenvalue weighted by atomic mass is 32.1. The Morgan fingerprint density at radius 2 is 2.03 bits per heavy atom. The van der Waals surface area contributed by atoms with Gasteiger partial charge < -0.3 is 25.0 Å². The first kappa shape index (κ1) is 20.5. The number of amides is 3. The number of anilines is 1. The standard InChI is InChI=1S/C21H26N4O4S/c1-28-16-7-6-13(10-17(16)29-2)11-22-21(27)25-9-8-15-18(12-25)30-20(23-15)24-19(26)14-4-3-5-14/h6-7,10,14H,3-5,8-9,11-12H2,1-2H3,(H,22,27)(H,23,24,26). The zero-order valence-corrected chi connectivity index (χ0v) is 18.0. The molecule has 4 rings (SSSR count). The van der Waals surface area contributed by atoms with Crippen molar-refractivity contribution in [3.8, 4) is 11.5 Å². The first-order chi connectivity index (χ1) is 14.6. The molecule has 9 heteroatoms. The van der Waals surface area contributed by atoms with E-state index in [-0.39, 0.29) is 17.9 Å². The molecule has 1 aromatic carbocycles. The molecule has 0 spiro atoms. The van der Waals surface area contributed by atoms with E-state index in [1.165, 1.54) is 11.3 Å². The SMILES string of the molecule is COc1ccc(CNC(=O)N2CCc3nc(NC(=O)C4CCC4)sc3C2)cc1OC. The summed E-state index contributed by atoms with van der Waals surface area (Å²) in [4.78, 5) is 32.2. The Balaban J connectivity index is 1.32. The van der Waals surface area contributed by atoms with Gasteiger partial charge in [0.25, 0.3) is 0 Å². The summed E-state index contributed by atoms with van der Waals surface area (Å²) >= 11 is 1.47. The third kappa shape index (κ3) is 4.35. The van der Waals surface area contributed by atoms with Gasteiger partial charge in [-0.1, -0.05) is 23.8 Å². The number of methoxy groups -OCH3 is 2. The molecule has 0 unspecified atom stereocenters. The van der Waals surface area contributed by atoms with E-state index >= 15 is 0 Å². The molecule has 0 radical (unpaired) electrons. The molecule has 1 saturated carbocycles. The molecule has 1 aromatic heterocycles. The highest BCUT2D eigenvalue weighted by molar-refractivity contribution is 7.15. The van der Waals surface area contributed by atoms with Crippen LogP contribution in [0.5, 0.6) is 11.5 Å². The van der Waals surface area contributed by atoms with Crippen LogP contribution in [0.25, 0.3) is 0 Å². The second-order valence-corrected chi connectivity index (χ2v) is 8.61. The molecule has 3 amide bonds. The molecule has 0 bridgehead atoms. The molecule has 160 valence electrons. The summed E-state index contributed by atoms with van der Waals surface area (Å²) in [7, 11) is 3.18. The van der Waals surface area contributed by atoms with E-state index in [2.05, 4.69) is 15.6 Å². The average Bonchev–Trinajstić information content (AvgIpc) is 3.11. The van der Waals surface area contributed by atoms with E-state index in [0.29, 0.717) is 42.7 Å². The molecule has 1 aliphatic carbocycles. The smallest absolute Gasteiger partial charge is 0.318 e. The van der Waals surface area contributed by atoms with Gasteiger partial charge in [-0.3, -0.25) is 4.79 Å². The molecular formula is C21H26N4O4S. The van der Waals surface area contributed by atoms with Crippen molar-refractivity contribution < 1.29 is 19.1 Å². The van der Waals surface area contributed by atoms with Gasteiger partial charge >= 0.3 is 6.03 Å². The highest BCUT2D eigenvalue weighted by Crippen LogP contribution is 2.31. The number of nitrogens with one attached hydrogen (secondary N) is 2. The Hall–Kier alpha value is -2.81. The number of aromatic nitrogens is 1. The van der Waals surface area contributed by atoms with Crippen LogP contribution in [0, 0.1) is 5.92 Å². The quantitative estimate of drug-likeness (QED) is 0.734. The number of carbonyl (C=O) groups is 2. The predicted octanol–water partition coefficient (Wildman–Crippen LogP) is 3.17. The van der Waals surface area contributed by atoms with Gasteiger partial charge in [-0.2, -0.15) is 0 Å². The first-order valence-corrected chi connectivity index (χ1v) is 10.9. The van der Waals surface area contributed by atoms with Crippen LogP contribution in [0.1, 0.15) is 35.4 Å². The average molecular weight is 431 g/mol. The number of hydrogen-bond donors (Lipinski definition) is 2. The summed E-state index contributed by atoms with van der Waals surface area (Å²) in [5, 5.41) is 6.54. The molecule has 1 aliphatic heterocycles. The lowest BCUT2D eigenvalue weighted by Gasteiger charge is -2.26. The minimum Gasteiger partial charge on any atom is -0.493 e. The van der Waals surface area contributed by atoms with Gasteiger partial charge in [-0.25, -0.2) is 9.78 Å². The topological polar surface area (TPSA) is 92.8 Å². The van der Waals surface area contributed by atoms with Gasteiger partial charge in [0.15, 0.2) is 16.6 Å². The summed E-state index contributed by atoms with van der Waals surface area (Å²) in [6.45, 7) is 1.50. The Kier molecular flexibility index (Phi) is 6.08. The highest BCUT2D eigenvalue weighted by Gasteiger charge is 2.28. The summed E-state index contributed by atoms with van der Waals surface area (Å²) in [6, 6.07) is 5.46. The van der Waals surface area contributed by atoms with Gasteiger partial charge in [0.2, 0.25) is 5.91 Å². The fourth-order valence-corrected chi connectivity index (χ4v) is 4.61. The molecule has 2 heterocycles. The lowest BCUT2D eigenvalue weighted by atomic mass is 9.85. The van der Waals surface area contributed by atoms with Crippen LogP contribution in [0.15, 0.2) is 18.2 Å². The maximum atomic E-state index is 12.7. The van der Waals surface area contributed by atoms with Crippen molar-refractivity contribution in [1.82, 2.24) is 15.2 Å². The second-order valence-electron chi connectivity index (χ2n) is 7.53. The summed E-state index contributed by atoms with van der Waals surface area (Å²) in [6.07, 6.45) is 3.74. The third-order valence-electron chi connectivity index (χ3n) is 5.62. The molecule has 2 aromatic rings. The first-order valence-electron chi connectivity index (χ1n) is 10.1. The van der Waals surface area contributed by atoms with E-state index in [1.807, 2.05) is 18.2 Å². The van der Waals surface area contributed by atoms with Gasteiger partial charge in [-0.05, 0) is 30.5 Å². The molecule has 2 N–H and O–H groups in total. The van der Waals surface area contributed by atoms with Gasteiger partial charge in [0.05, 0.1) is 26.5 Å². The van der Waals surface area contributed by atoms with E-state index in [9.17, 15) is 9.59 Å². The molecule has 0 atom stereocenters. The van der Waals surface area contributed by atoms with Crippen molar-refractivity contribution in [2.45, 2.75) is 38.8 Å². The number of rotatable bonds is 6. The van der Waals surface area contributed by atoms with Crippen molar-refractivity contribution in [1.29, 1.82) is 0 Å². The normalized spacial score (nSPS) is 15.7. The van der Waals surface area contributed by atoms with Gasteiger partial charge in [-0.15, -0.1) is 0 Å². The molecule has 1 fully saturated rings. The molecule has 8 nitrogen and oxygen atoms in total. The Morgan fingerprint density at radius 1 is 1.23 bits per heavy atom. The van der Waals surface area contributed by atoms with E-state index in [4.69, 9.17) is 9.47 Å². The molecular weight excluding hydrogens is 404 g/mol. The fourth-order valence-electron chi connectivity index (χ4n) is 3.58. The monoisotopic (exact) mass is 430 g/mol. The third-order valence-corrected chi connectivity index (χ3v) is 6.61. The van der Waals surface area contributed by atoms with Crippen LogP contribution < -0.4 is 20.1 Å². The Morgan fingerprint density at radius 3 is 2.73 bits per heavy atom. The van der Waals surface area contributed by atoms with E-state index in [0.717, 1.165) is 35.4 Å². The predicted molar refractivity (Wildman–Crippen MR) is 114 cm³/mol. The maximum absolute atomic E-state index is 12.7. The van der Waals surface area contributed by atoms with Gasteiger partial charge in [0.1, 0.15) is 0 Å². The fraction of sp³-hybridized carbons (Fsp3) is 0.476. The van der Waals surface area contributed by atoms with Crippen LogP contribution in [-0.4, -0.2) is 42.6 Å².